The van der Waals surface area contributed by atoms with Gasteiger partial charge in [-0.3, -0.25) is 5.43 Å². The highest BCUT2D eigenvalue weighted by atomic mass is 35.5. The van der Waals surface area contributed by atoms with Crippen molar-refractivity contribution in [3.05, 3.63) is 76.2 Å². The monoisotopic (exact) mass is 348 g/mol. The van der Waals surface area contributed by atoms with E-state index in [4.69, 9.17) is 27.6 Å². The van der Waals surface area contributed by atoms with Crippen molar-refractivity contribution in [1.82, 2.24) is 0 Å². The standard InChI is InChI=1S/C17H11Cl2FN2O/c18-15-7-5-13(9-16(15)19)22-21-10-14-6-8-17(23-14)11-1-3-12(20)4-2-11/h1-10,22H/b21-10-. The molecule has 0 aliphatic heterocycles. The smallest absolute Gasteiger partial charge is 0.147 e. The van der Waals surface area contributed by atoms with Gasteiger partial charge in [0.2, 0.25) is 0 Å². The van der Waals surface area contributed by atoms with Crippen LogP contribution in [0.15, 0.2) is 64.1 Å². The molecule has 0 unspecified atom stereocenters. The van der Waals surface area contributed by atoms with Gasteiger partial charge in [-0.1, -0.05) is 23.2 Å². The molecule has 0 bridgehead atoms. The summed E-state index contributed by atoms with van der Waals surface area (Å²) in [6.07, 6.45) is 1.54. The molecule has 2 aromatic carbocycles. The zero-order valence-corrected chi connectivity index (χ0v) is 13.3. The number of hydrazone groups is 1. The van der Waals surface area contributed by atoms with Gasteiger partial charge in [0.25, 0.3) is 0 Å². The van der Waals surface area contributed by atoms with Crippen LogP contribution in [0.2, 0.25) is 10.0 Å². The fourth-order valence-electron chi connectivity index (χ4n) is 1.93. The number of hydrogen-bond acceptors (Lipinski definition) is 3. The third-order valence-corrected chi connectivity index (χ3v) is 3.80. The first kappa shape index (κ1) is 15.6. The molecule has 0 radical (unpaired) electrons. The summed E-state index contributed by atoms with van der Waals surface area (Å²) >= 11 is 11.8. The van der Waals surface area contributed by atoms with Crippen molar-refractivity contribution in [2.75, 3.05) is 5.43 Å². The van der Waals surface area contributed by atoms with E-state index in [0.29, 0.717) is 27.3 Å². The molecule has 3 rings (SSSR count). The normalized spacial score (nSPS) is 11.1. The first-order valence-electron chi connectivity index (χ1n) is 6.72. The summed E-state index contributed by atoms with van der Waals surface area (Å²) < 4.78 is 18.5. The quantitative estimate of drug-likeness (QED) is 0.475. The summed E-state index contributed by atoms with van der Waals surface area (Å²) in [5.74, 6) is 0.922. The highest BCUT2D eigenvalue weighted by Crippen LogP contribution is 2.25. The van der Waals surface area contributed by atoms with Gasteiger partial charge < -0.3 is 4.42 Å². The van der Waals surface area contributed by atoms with Crippen LogP contribution in [0.4, 0.5) is 10.1 Å². The molecule has 0 aliphatic carbocycles. The topological polar surface area (TPSA) is 37.5 Å². The Labute approximate surface area is 142 Å². The van der Waals surface area contributed by atoms with Crippen LogP contribution < -0.4 is 5.43 Å². The van der Waals surface area contributed by atoms with E-state index >= 15 is 0 Å². The van der Waals surface area contributed by atoms with E-state index in [1.165, 1.54) is 18.3 Å². The van der Waals surface area contributed by atoms with E-state index in [1.54, 1.807) is 42.5 Å². The Bertz CT molecular complexity index is 844. The van der Waals surface area contributed by atoms with E-state index < -0.39 is 0 Å². The predicted molar refractivity (Wildman–Crippen MR) is 91.8 cm³/mol. The van der Waals surface area contributed by atoms with Crippen LogP contribution in [-0.2, 0) is 0 Å². The number of nitrogens with zero attached hydrogens (tertiary/aromatic N) is 1. The molecule has 23 heavy (non-hydrogen) atoms. The second-order valence-corrected chi connectivity index (χ2v) is 5.52. The highest BCUT2D eigenvalue weighted by molar-refractivity contribution is 6.42. The average molecular weight is 349 g/mol. The molecule has 0 spiro atoms. The number of rotatable bonds is 4. The van der Waals surface area contributed by atoms with Gasteiger partial charge in [-0.25, -0.2) is 4.39 Å². The van der Waals surface area contributed by atoms with Gasteiger partial charge in [-0.2, -0.15) is 5.10 Å². The van der Waals surface area contributed by atoms with Gasteiger partial charge in [-0.05, 0) is 54.6 Å². The third kappa shape index (κ3) is 3.92. The molecule has 0 aliphatic rings. The molecule has 3 nitrogen and oxygen atoms in total. The summed E-state index contributed by atoms with van der Waals surface area (Å²) in [5, 5.41) is 5.00. The fraction of sp³-hybridized carbons (Fsp3) is 0. The van der Waals surface area contributed by atoms with Crippen LogP contribution in [-0.4, -0.2) is 6.21 Å². The fourth-order valence-corrected chi connectivity index (χ4v) is 2.23. The summed E-state index contributed by atoms with van der Waals surface area (Å²) in [6.45, 7) is 0. The maximum atomic E-state index is 12.9. The SMILES string of the molecule is Fc1ccc(-c2ccc(/C=N\Nc3ccc(Cl)c(Cl)c3)o2)cc1. The molecule has 0 atom stereocenters. The van der Waals surface area contributed by atoms with E-state index in [0.717, 1.165) is 5.56 Å². The minimum atomic E-state index is -0.284. The van der Waals surface area contributed by atoms with Gasteiger partial charge in [0.15, 0.2) is 0 Å². The lowest BCUT2D eigenvalue weighted by Crippen LogP contribution is -1.89. The van der Waals surface area contributed by atoms with E-state index in [-0.39, 0.29) is 5.82 Å². The lowest BCUT2D eigenvalue weighted by atomic mass is 10.2. The minimum absolute atomic E-state index is 0.284. The maximum absolute atomic E-state index is 12.9. The van der Waals surface area contributed by atoms with Crippen LogP contribution >= 0.6 is 23.2 Å². The van der Waals surface area contributed by atoms with Crippen molar-refractivity contribution in [2.24, 2.45) is 5.10 Å². The van der Waals surface area contributed by atoms with E-state index in [2.05, 4.69) is 10.5 Å². The van der Waals surface area contributed by atoms with E-state index in [9.17, 15) is 4.39 Å². The van der Waals surface area contributed by atoms with Gasteiger partial charge in [0, 0.05) is 5.56 Å². The third-order valence-electron chi connectivity index (χ3n) is 3.06. The Morgan fingerprint density at radius 2 is 1.74 bits per heavy atom. The van der Waals surface area contributed by atoms with Crippen molar-refractivity contribution in [2.45, 2.75) is 0 Å². The van der Waals surface area contributed by atoms with Gasteiger partial charge in [0.1, 0.15) is 17.3 Å². The summed E-state index contributed by atoms with van der Waals surface area (Å²) in [7, 11) is 0. The van der Waals surface area contributed by atoms with Gasteiger partial charge in [-0.15, -0.1) is 0 Å². The molecule has 1 heterocycles. The number of hydrogen-bond donors (Lipinski definition) is 1. The molecule has 0 amide bonds. The maximum Gasteiger partial charge on any atom is 0.147 e. The lowest BCUT2D eigenvalue weighted by Gasteiger charge is -2.01. The zero-order chi connectivity index (χ0) is 16.2. The molecule has 0 saturated carbocycles. The van der Waals surface area contributed by atoms with Crippen molar-refractivity contribution in [1.29, 1.82) is 0 Å². The zero-order valence-electron chi connectivity index (χ0n) is 11.8. The van der Waals surface area contributed by atoms with Gasteiger partial charge in [0.05, 0.1) is 21.9 Å². The molecular weight excluding hydrogens is 338 g/mol. The first-order valence-corrected chi connectivity index (χ1v) is 7.47. The molecule has 1 N–H and O–H groups in total. The Kier molecular flexibility index (Phi) is 4.65. The molecule has 0 fully saturated rings. The van der Waals surface area contributed by atoms with E-state index in [1.807, 2.05) is 0 Å². The van der Waals surface area contributed by atoms with Crippen LogP contribution in [0.5, 0.6) is 0 Å². The largest absolute Gasteiger partial charge is 0.455 e. The Balaban J connectivity index is 1.68. The second kappa shape index (κ2) is 6.86. The van der Waals surface area contributed by atoms with Crippen LogP contribution in [0.1, 0.15) is 5.76 Å². The first-order chi connectivity index (χ1) is 11.1. The highest BCUT2D eigenvalue weighted by Gasteiger charge is 2.03. The number of halogens is 3. The Hall–Kier alpha value is -2.30. The molecule has 6 heteroatoms. The summed E-state index contributed by atoms with van der Waals surface area (Å²) in [5.41, 5.74) is 4.34. The van der Waals surface area contributed by atoms with Crippen LogP contribution in [0.25, 0.3) is 11.3 Å². The number of benzene rings is 2. The van der Waals surface area contributed by atoms with Crippen molar-refractivity contribution in [3.8, 4) is 11.3 Å². The van der Waals surface area contributed by atoms with Gasteiger partial charge >= 0.3 is 0 Å². The van der Waals surface area contributed by atoms with Crippen molar-refractivity contribution >= 4 is 35.1 Å². The lowest BCUT2D eigenvalue weighted by molar-refractivity contribution is 0.574. The Morgan fingerprint density at radius 1 is 0.957 bits per heavy atom. The molecule has 116 valence electrons. The van der Waals surface area contributed by atoms with Crippen LogP contribution in [0, 0.1) is 5.82 Å². The minimum Gasteiger partial charge on any atom is -0.455 e. The van der Waals surface area contributed by atoms with Crippen molar-refractivity contribution < 1.29 is 8.81 Å². The average Bonchev–Trinajstić information content (AvgIpc) is 3.00. The molecule has 1 aromatic heterocycles. The second-order valence-electron chi connectivity index (χ2n) is 4.71. The summed E-state index contributed by atoms with van der Waals surface area (Å²) in [6, 6.07) is 14.8. The Morgan fingerprint density at radius 3 is 2.48 bits per heavy atom. The molecular formula is C17H11Cl2FN2O. The van der Waals surface area contributed by atoms with Crippen molar-refractivity contribution in [3.63, 3.8) is 0 Å². The number of furan rings is 1. The number of anilines is 1. The predicted octanol–water partition coefficient (Wildman–Crippen LogP) is 5.84. The van der Waals surface area contributed by atoms with Crippen LogP contribution in [0.3, 0.4) is 0 Å². The summed E-state index contributed by atoms with van der Waals surface area (Å²) in [4.78, 5) is 0. The number of nitrogens with one attached hydrogen (secondary N) is 1. The molecule has 3 aromatic rings. The molecule has 0 saturated heterocycles.